The summed E-state index contributed by atoms with van der Waals surface area (Å²) in [6.45, 7) is 8.18. The summed E-state index contributed by atoms with van der Waals surface area (Å²) in [7, 11) is 0. The number of carbonyl (C=O) groups is 1. The van der Waals surface area contributed by atoms with E-state index in [1.165, 1.54) is 24.3 Å². The Kier molecular flexibility index (Phi) is 7.82. The number of phenols is 2. The molecule has 2 aromatic carbocycles. The second kappa shape index (κ2) is 10.1. The average Bonchev–Trinajstić information content (AvgIpc) is 2.63. The SMILES string of the molecule is C/C(=C\C(=O)c1ccc(OCC(O)CNC(C)C)cc1C)c1cc(O)cc(O)c1. The Labute approximate surface area is 171 Å². The zero-order chi connectivity index (χ0) is 21.6. The lowest BCUT2D eigenvalue weighted by atomic mass is 10.00. The number of rotatable bonds is 9. The number of ether oxygens (including phenoxy) is 1. The van der Waals surface area contributed by atoms with Crippen LogP contribution in [0.15, 0.2) is 42.5 Å². The van der Waals surface area contributed by atoms with E-state index in [2.05, 4.69) is 5.32 Å². The highest BCUT2D eigenvalue weighted by Gasteiger charge is 2.11. The molecule has 29 heavy (non-hydrogen) atoms. The van der Waals surface area contributed by atoms with Crippen LogP contribution in [-0.4, -0.2) is 46.4 Å². The Morgan fingerprint density at radius 2 is 1.79 bits per heavy atom. The predicted molar refractivity (Wildman–Crippen MR) is 114 cm³/mol. The second-order valence-electron chi connectivity index (χ2n) is 7.43. The number of hydrogen-bond donors (Lipinski definition) is 4. The van der Waals surface area contributed by atoms with E-state index in [9.17, 15) is 20.1 Å². The van der Waals surface area contributed by atoms with Crippen LogP contribution in [-0.2, 0) is 0 Å². The summed E-state index contributed by atoms with van der Waals surface area (Å²) in [5.41, 5.74) is 2.48. The van der Waals surface area contributed by atoms with E-state index in [1.54, 1.807) is 25.1 Å². The molecule has 0 aromatic heterocycles. The van der Waals surface area contributed by atoms with Crippen molar-refractivity contribution in [2.75, 3.05) is 13.2 Å². The number of aryl methyl sites for hydroxylation is 1. The van der Waals surface area contributed by atoms with Crippen molar-refractivity contribution < 1.29 is 24.9 Å². The van der Waals surface area contributed by atoms with Gasteiger partial charge in [0.25, 0.3) is 0 Å². The van der Waals surface area contributed by atoms with Crippen molar-refractivity contribution in [1.29, 1.82) is 0 Å². The molecule has 2 aromatic rings. The summed E-state index contributed by atoms with van der Waals surface area (Å²) in [6.07, 6.45) is 0.849. The minimum atomic E-state index is -0.622. The topological polar surface area (TPSA) is 99.0 Å². The molecule has 0 aliphatic carbocycles. The molecule has 0 spiro atoms. The van der Waals surface area contributed by atoms with Gasteiger partial charge >= 0.3 is 0 Å². The van der Waals surface area contributed by atoms with E-state index in [-0.39, 0.29) is 29.9 Å². The molecule has 0 radical (unpaired) electrons. The van der Waals surface area contributed by atoms with Gasteiger partial charge in [-0.05, 0) is 67.0 Å². The van der Waals surface area contributed by atoms with Crippen LogP contribution in [0, 0.1) is 6.92 Å². The number of allylic oxidation sites excluding steroid dienone is 2. The summed E-state index contributed by atoms with van der Waals surface area (Å²) < 4.78 is 5.62. The minimum Gasteiger partial charge on any atom is -0.508 e. The van der Waals surface area contributed by atoms with Crippen LogP contribution in [0.2, 0.25) is 0 Å². The van der Waals surface area contributed by atoms with Crippen LogP contribution in [0.4, 0.5) is 0 Å². The normalized spacial score (nSPS) is 12.8. The molecule has 6 nitrogen and oxygen atoms in total. The maximum absolute atomic E-state index is 12.7. The number of nitrogens with one attached hydrogen (secondary N) is 1. The standard InChI is InChI=1S/C23H29NO5/c1-14(2)24-12-20(27)13-29-21-5-6-22(16(4)7-21)23(28)8-15(3)17-9-18(25)11-19(26)10-17/h5-11,14,20,24-27H,12-13H2,1-4H3/b15-8+. The molecule has 0 aliphatic heterocycles. The fraction of sp³-hybridized carbons (Fsp3) is 0.348. The summed E-state index contributed by atoms with van der Waals surface area (Å²) in [5, 5.41) is 32.3. The first-order chi connectivity index (χ1) is 13.7. The minimum absolute atomic E-state index is 0.0661. The molecule has 156 valence electrons. The molecule has 0 heterocycles. The van der Waals surface area contributed by atoms with E-state index in [0.717, 1.165) is 5.56 Å². The number of phenolic OH excluding ortho intramolecular Hbond substituents is 2. The molecule has 0 saturated heterocycles. The molecule has 2 rings (SSSR count). The number of carbonyl (C=O) groups excluding carboxylic acids is 1. The second-order valence-corrected chi connectivity index (χ2v) is 7.43. The maximum atomic E-state index is 12.7. The Morgan fingerprint density at radius 3 is 2.38 bits per heavy atom. The number of benzene rings is 2. The number of aromatic hydroxyl groups is 2. The first-order valence-corrected chi connectivity index (χ1v) is 9.56. The largest absolute Gasteiger partial charge is 0.508 e. The molecule has 6 heteroatoms. The van der Waals surface area contributed by atoms with Crippen LogP contribution in [0.1, 0.15) is 42.3 Å². The first kappa shape index (κ1) is 22.5. The number of hydrogen-bond acceptors (Lipinski definition) is 6. The van der Waals surface area contributed by atoms with E-state index < -0.39 is 6.10 Å². The van der Waals surface area contributed by atoms with Gasteiger partial charge in [-0.2, -0.15) is 0 Å². The van der Waals surface area contributed by atoms with Crippen molar-refractivity contribution >= 4 is 11.4 Å². The van der Waals surface area contributed by atoms with Crippen molar-refractivity contribution in [3.8, 4) is 17.2 Å². The molecule has 0 bridgehead atoms. The van der Waals surface area contributed by atoms with Crippen molar-refractivity contribution in [3.05, 3.63) is 59.2 Å². The molecular weight excluding hydrogens is 370 g/mol. The van der Waals surface area contributed by atoms with Crippen molar-refractivity contribution in [2.24, 2.45) is 0 Å². The summed E-state index contributed by atoms with van der Waals surface area (Å²) in [4.78, 5) is 12.7. The third kappa shape index (κ3) is 6.93. The molecule has 1 unspecified atom stereocenters. The van der Waals surface area contributed by atoms with Gasteiger partial charge in [0.1, 0.15) is 30.0 Å². The zero-order valence-corrected chi connectivity index (χ0v) is 17.3. The van der Waals surface area contributed by atoms with Crippen molar-refractivity contribution in [3.63, 3.8) is 0 Å². The zero-order valence-electron chi connectivity index (χ0n) is 17.3. The lowest BCUT2D eigenvalue weighted by Gasteiger charge is -2.15. The van der Waals surface area contributed by atoms with Gasteiger partial charge in [-0.1, -0.05) is 13.8 Å². The van der Waals surface area contributed by atoms with Crippen LogP contribution in [0.25, 0.3) is 5.57 Å². The average molecular weight is 399 g/mol. The predicted octanol–water partition coefficient (Wildman–Crippen LogP) is 3.43. The van der Waals surface area contributed by atoms with Crippen LogP contribution in [0.3, 0.4) is 0 Å². The van der Waals surface area contributed by atoms with E-state index in [4.69, 9.17) is 4.74 Å². The molecular formula is C23H29NO5. The quantitative estimate of drug-likeness (QED) is 0.381. The molecule has 1 atom stereocenters. The van der Waals surface area contributed by atoms with Gasteiger partial charge in [0.05, 0.1) is 0 Å². The van der Waals surface area contributed by atoms with Gasteiger partial charge in [0, 0.05) is 24.2 Å². The Hall–Kier alpha value is -2.83. The maximum Gasteiger partial charge on any atom is 0.186 e. The monoisotopic (exact) mass is 399 g/mol. The lowest BCUT2D eigenvalue weighted by molar-refractivity contribution is 0.103. The molecule has 0 aliphatic rings. The molecule has 0 fully saturated rings. The highest BCUT2D eigenvalue weighted by atomic mass is 16.5. The van der Waals surface area contributed by atoms with Crippen LogP contribution < -0.4 is 10.1 Å². The first-order valence-electron chi connectivity index (χ1n) is 9.56. The van der Waals surface area contributed by atoms with E-state index >= 15 is 0 Å². The molecule has 4 N–H and O–H groups in total. The third-order valence-electron chi connectivity index (χ3n) is 4.37. The van der Waals surface area contributed by atoms with Gasteiger partial charge in [0.2, 0.25) is 0 Å². The Morgan fingerprint density at radius 1 is 1.14 bits per heavy atom. The van der Waals surface area contributed by atoms with Gasteiger partial charge in [0.15, 0.2) is 5.78 Å². The number of aliphatic hydroxyl groups is 1. The fourth-order valence-electron chi connectivity index (χ4n) is 2.81. The molecule has 0 saturated carbocycles. The number of ketones is 1. The van der Waals surface area contributed by atoms with Gasteiger partial charge < -0.3 is 25.4 Å². The fourth-order valence-corrected chi connectivity index (χ4v) is 2.81. The highest BCUT2D eigenvalue weighted by Crippen LogP contribution is 2.26. The van der Waals surface area contributed by atoms with Crippen LogP contribution >= 0.6 is 0 Å². The van der Waals surface area contributed by atoms with Gasteiger partial charge in [-0.3, -0.25) is 4.79 Å². The Bertz CT molecular complexity index is 869. The van der Waals surface area contributed by atoms with Gasteiger partial charge in [-0.15, -0.1) is 0 Å². The lowest BCUT2D eigenvalue weighted by Crippen LogP contribution is -2.35. The summed E-state index contributed by atoms with van der Waals surface area (Å²) in [5.74, 6) is 0.268. The Balaban J connectivity index is 2.06. The van der Waals surface area contributed by atoms with Gasteiger partial charge in [-0.25, -0.2) is 0 Å². The van der Waals surface area contributed by atoms with E-state index in [1.807, 2.05) is 20.8 Å². The third-order valence-corrected chi connectivity index (χ3v) is 4.37. The summed E-state index contributed by atoms with van der Waals surface area (Å²) >= 11 is 0. The van der Waals surface area contributed by atoms with Crippen molar-refractivity contribution in [1.82, 2.24) is 5.32 Å². The van der Waals surface area contributed by atoms with Crippen molar-refractivity contribution in [2.45, 2.75) is 39.8 Å². The smallest absolute Gasteiger partial charge is 0.186 e. The molecule has 0 amide bonds. The van der Waals surface area contributed by atoms with Crippen LogP contribution in [0.5, 0.6) is 17.2 Å². The highest BCUT2D eigenvalue weighted by molar-refractivity contribution is 6.09. The van der Waals surface area contributed by atoms with E-state index in [0.29, 0.717) is 29.0 Å². The number of aliphatic hydroxyl groups excluding tert-OH is 1. The summed E-state index contributed by atoms with van der Waals surface area (Å²) in [6, 6.07) is 9.65.